The van der Waals surface area contributed by atoms with Crippen LogP contribution in [0.4, 0.5) is 4.79 Å². The molecule has 0 radical (unpaired) electrons. The molecule has 0 spiro atoms. The summed E-state index contributed by atoms with van der Waals surface area (Å²) in [4.78, 5) is 14.4. The third-order valence-corrected chi connectivity index (χ3v) is 4.86. The van der Waals surface area contributed by atoms with Crippen LogP contribution in [0.25, 0.3) is 0 Å². The molecule has 1 heterocycles. The fourth-order valence-corrected chi connectivity index (χ4v) is 3.02. The third-order valence-electron chi connectivity index (χ3n) is 3.35. The number of nitrogens with one attached hydrogen (secondary N) is 2. The summed E-state index contributed by atoms with van der Waals surface area (Å²) in [5.74, 6) is 0. The van der Waals surface area contributed by atoms with Crippen molar-refractivity contribution in [3.8, 4) is 0 Å². The van der Waals surface area contributed by atoms with E-state index in [0.717, 1.165) is 13.0 Å². The van der Waals surface area contributed by atoms with Crippen molar-refractivity contribution in [2.45, 2.75) is 78.5 Å². The summed E-state index contributed by atoms with van der Waals surface area (Å²) < 4.78 is 5.26. The molecule has 1 unspecified atom stereocenters. The minimum atomic E-state index is -0.459. The number of amides is 1. The summed E-state index contributed by atoms with van der Waals surface area (Å²) in [5, 5.41) is 6.34. The zero-order valence-corrected chi connectivity index (χ0v) is 16.4. The topological polar surface area (TPSA) is 50.4 Å². The Hall–Kier alpha value is -1.07. The summed E-state index contributed by atoms with van der Waals surface area (Å²) in [6.45, 7) is 15.8. The van der Waals surface area contributed by atoms with E-state index in [0.29, 0.717) is 6.54 Å². The Labute approximate surface area is 145 Å². The Morgan fingerprint density at radius 3 is 2.35 bits per heavy atom. The van der Waals surface area contributed by atoms with Crippen molar-refractivity contribution in [3.63, 3.8) is 0 Å². The van der Waals surface area contributed by atoms with Gasteiger partial charge in [0, 0.05) is 28.9 Å². The fraction of sp³-hybridized carbons (Fsp3) is 0.722. The van der Waals surface area contributed by atoms with Crippen LogP contribution in [0.15, 0.2) is 12.1 Å². The normalized spacial score (nSPS) is 13.7. The third kappa shape index (κ3) is 7.84. The molecule has 1 aromatic rings. The SMILES string of the molecule is CCC(CNC(=O)OC(C)(C)C)NCc1ccc(C(C)(C)C)s1. The molecule has 23 heavy (non-hydrogen) atoms. The molecule has 1 aromatic heterocycles. The van der Waals surface area contributed by atoms with E-state index < -0.39 is 5.60 Å². The van der Waals surface area contributed by atoms with E-state index in [4.69, 9.17) is 4.74 Å². The van der Waals surface area contributed by atoms with E-state index in [1.165, 1.54) is 9.75 Å². The van der Waals surface area contributed by atoms with Crippen LogP contribution in [0, 0.1) is 0 Å². The minimum absolute atomic E-state index is 0.200. The molecule has 1 rings (SSSR count). The molecule has 0 aliphatic rings. The van der Waals surface area contributed by atoms with Gasteiger partial charge < -0.3 is 15.4 Å². The molecule has 0 aliphatic heterocycles. The van der Waals surface area contributed by atoms with Gasteiger partial charge in [-0.3, -0.25) is 0 Å². The lowest BCUT2D eigenvalue weighted by atomic mass is 9.95. The van der Waals surface area contributed by atoms with Gasteiger partial charge in [-0.05, 0) is 44.7 Å². The van der Waals surface area contributed by atoms with Crippen molar-refractivity contribution in [2.24, 2.45) is 0 Å². The molecule has 0 bridgehead atoms. The average molecular weight is 341 g/mol. The average Bonchev–Trinajstić information content (AvgIpc) is 2.85. The summed E-state index contributed by atoms with van der Waals surface area (Å²) >= 11 is 1.85. The van der Waals surface area contributed by atoms with Gasteiger partial charge in [0.15, 0.2) is 0 Å². The Kier molecular flexibility index (Phi) is 7.08. The molecule has 4 nitrogen and oxygen atoms in total. The second kappa shape index (κ2) is 8.15. The standard InChI is InChI=1S/C18H32N2O2S/c1-8-13(11-20-16(21)22-18(5,6)7)19-12-14-9-10-15(23-14)17(2,3)4/h9-10,13,19H,8,11-12H2,1-7H3,(H,20,21). The smallest absolute Gasteiger partial charge is 0.407 e. The Bertz CT molecular complexity index is 498. The second-order valence-corrected chi connectivity index (χ2v) is 9.05. The van der Waals surface area contributed by atoms with Crippen LogP contribution < -0.4 is 10.6 Å². The van der Waals surface area contributed by atoms with E-state index in [-0.39, 0.29) is 17.6 Å². The molecule has 0 aromatic carbocycles. The van der Waals surface area contributed by atoms with Gasteiger partial charge in [0.05, 0.1) is 0 Å². The molecule has 2 N–H and O–H groups in total. The first kappa shape index (κ1) is 20.0. The van der Waals surface area contributed by atoms with Crippen molar-refractivity contribution >= 4 is 17.4 Å². The molecule has 1 amide bonds. The number of thiophene rings is 1. The predicted molar refractivity (Wildman–Crippen MR) is 98.2 cm³/mol. The molecule has 0 aliphatic carbocycles. The molecule has 0 saturated heterocycles. The quantitative estimate of drug-likeness (QED) is 0.805. The van der Waals surface area contributed by atoms with Crippen LogP contribution in [0.3, 0.4) is 0 Å². The Morgan fingerprint density at radius 1 is 1.22 bits per heavy atom. The van der Waals surface area contributed by atoms with E-state index >= 15 is 0 Å². The Balaban J connectivity index is 2.42. The number of hydrogen-bond acceptors (Lipinski definition) is 4. The number of carbonyl (C=O) groups excluding carboxylic acids is 1. The summed E-state index contributed by atoms with van der Waals surface area (Å²) in [5.41, 5.74) is -0.259. The van der Waals surface area contributed by atoms with Gasteiger partial charge in [0.1, 0.15) is 5.60 Å². The van der Waals surface area contributed by atoms with Crippen molar-refractivity contribution < 1.29 is 9.53 Å². The number of ether oxygens (including phenoxy) is 1. The maximum Gasteiger partial charge on any atom is 0.407 e. The maximum atomic E-state index is 11.7. The highest BCUT2D eigenvalue weighted by atomic mass is 32.1. The number of hydrogen-bond donors (Lipinski definition) is 2. The zero-order chi connectivity index (χ0) is 17.7. The van der Waals surface area contributed by atoms with Crippen molar-refractivity contribution in [2.75, 3.05) is 6.54 Å². The first-order valence-corrected chi connectivity index (χ1v) is 9.12. The number of rotatable bonds is 6. The molecular weight excluding hydrogens is 308 g/mol. The van der Waals surface area contributed by atoms with E-state index in [9.17, 15) is 4.79 Å². The van der Waals surface area contributed by atoms with Crippen molar-refractivity contribution in [3.05, 3.63) is 21.9 Å². The summed E-state index contributed by atoms with van der Waals surface area (Å²) in [7, 11) is 0. The van der Waals surface area contributed by atoms with Crippen LogP contribution in [0.5, 0.6) is 0 Å². The van der Waals surface area contributed by atoms with E-state index in [1.54, 1.807) is 0 Å². The van der Waals surface area contributed by atoms with Gasteiger partial charge in [0.25, 0.3) is 0 Å². The fourth-order valence-electron chi connectivity index (χ4n) is 2.00. The van der Waals surface area contributed by atoms with Crippen LogP contribution in [0.2, 0.25) is 0 Å². The highest BCUT2D eigenvalue weighted by Crippen LogP contribution is 2.29. The van der Waals surface area contributed by atoms with Crippen LogP contribution in [-0.4, -0.2) is 24.3 Å². The predicted octanol–water partition coefficient (Wildman–Crippen LogP) is 4.44. The first-order valence-electron chi connectivity index (χ1n) is 8.30. The second-order valence-electron chi connectivity index (χ2n) is 7.88. The highest BCUT2D eigenvalue weighted by molar-refractivity contribution is 7.12. The van der Waals surface area contributed by atoms with Crippen molar-refractivity contribution in [1.82, 2.24) is 10.6 Å². The molecule has 0 saturated carbocycles. The lowest BCUT2D eigenvalue weighted by molar-refractivity contribution is 0.0522. The zero-order valence-electron chi connectivity index (χ0n) is 15.6. The largest absolute Gasteiger partial charge is 0.444 e. The summed E-state index contributed by atoms with van der Waals surface area (Å²) in [6.07, 6.45) is 0.594. The van der Waals surface area contributed by atoms with Gasteiger partial charge in [0.2, 0.25) is 0 Å². The van der Waals surface area contributed by atoms with Gasteiger partial charge in [-0.15, -0.1) is 11.3 Å². The highest BCUT2D eigenvalue weighted by Gasteiger charge is 2.18. The van der Waals surface area contributed by atoms with Crippen LogP contribution in [-0.2, 0) is 16.7 Å². The Morgan fingerprint density at radius 2 is 1.87 bits per heavy atom. The van der Waals surface area contributed by atoms with E-state index in [2.05, 4.69) is 50.5 Å². The molecule has 5 heteroatoms. The number of alkyl carbamates (subject to hydrolysis) is 1. The van der Waals surface area contributed by atoms with Crippen LogP contribution >= 0.6 is 11.3 Å². The van der Waals surface area contributed by atoms with Crippen molar-refractivity contribution in [1.29, 1.82) is 0 Å². The van der Waals surface area contributed by atoms with E-state index in [1.807, 2.05) is 32.1 Å². The minimum Gasteiger partial charge on any atom is -0.444 e. The van der Waals surface area contributed by atoms with Gasteiger partial charge in [-0.25, -0.2) is 4.79 Å². The molecule has 132 valence electrons. The lowest BCUT2D eigenvalue weighted by Crippen LogP contribution is -2.42. The monoisotopic (exact) mass is 340 g/mol. The molecule has 0 fully saturated rings. The van der Waals surface area contributed by atoms with Crippen LogP contribution in [0.1, 0.15) is 64.6 Å². The lowest BCUT2D eigenvalue weighted by Gasteiger charge is -2.22. The summed E-state index contributed by atoms with van der Waals surface area (Å²) in [6, 6.07) is 4.64. The first-order chi connectivity index (χ1) is 10.5. The molecule has 1 atom stereocenters. The maximum absolute atomic E-state index is 11.7. The number of carbonyl (C=O) groups is 1. The molecular formula is C18H32N2O2S. The van der Waals surface area contributed by atoms with Gasteiger partial charge in [-0.1, -0.05) is 27.7 Å². The van der Waals surface area contributed by atoms with Gasteiger partial charge >= 0.3 is 6.09 Å². The van der Waals surface area contributed by atoms with Gasteiger partial charge in [-0.2, -0.15) is 0 Å².